The van der Waals surface area contributed by atoms with Crippen LogP contribution in [0.2, 0.25) is 0 Å². The zero-order valence-electron chi connectivity index (χ0n) is 26.5. The molecule has 0 aliphatic rings. The number of hydrogen-bond acceptors (Lipinski definition) is 1. The number of hydrogen-bond donors (Lipinski definition) is 0. The quantitative estimate of drug-likeness (QED) is 0.170. The molecule has 0 bridgehead atoms. The van der Waals surface area contributed by atoms with Crippen LogP contribution in [0.25, 0.3) is 98.4 Å². The van der Waals surface area contributed by atoms with Crippen LogP contribution in [-0.4, -0.2) is 9.13 Å². The first-order valence-corrected chi connectivity index (χ1v) is 17.7. The summed E-state index contributed by atoms with van der Waals surface area (Å²) in [7, 11) is 0. The SMILES string of the molecule is c1ccc(-n2c3cscc3c3c2ccc2c4ccccc4n(-c4ccc(-c5ccc6c7ccccc7c7ccccc7c6c5)cc4)c23)cc1. The van der Waals surface area contributed by atoms with E-state index in [1.807, 2.05) is 0 Å². The third-order valence-corrected chi connectivity index (χ3v) is 11.2. The van der Waals surface area contributed by atoms with Gasteiger partial charge in [-0.05, 0) is 85.9 Å². The maximum atomic E-state index is 2.48. The topological polar surface area (TPSA) is 9.86 Å². The Morgan fingerprint density at radius 1 is 0.327 bits per heavy atom. The summed E-state index contributed by atoms with van der Waals surface area (Å²) in [5.74, 6) is 0. The smallest absolute Gasteiger partial charge is 0.0648 e. The van der Waals surface area contributed by atoms with Crippen LogP contribution in [0.15, 0.2) is 168 Å². The lowest BCUT2D eigenvalue weighted by Crippen LogP contribution is -1.95. The molecule has 0 aliphatic carbocycles. The number of aromatic nitrogens is 2. The van der Waals surface area contributed by atoms with Crippen molar-refractivity contribution in [3.05, 3.63) is 168 Å². The normalized spacial score (nSPS) is 12.1. The molecule has 0 unspecified atom stereocenters. The molecular formula is C46H28N2S. The van der Waals surface area contributed by atoms with Gasteiger partial charge in [-0.15, -0.1) is 11.3 Å². The Bertz CT molecular complexity index is 3050. The van der Waals surface area contributed by atoms with Crippen molar-refractivity contribution in [1.82, 2.24) is 9.13 Å². The highest BCUT2D eigenvalue weighted by Gasteiger charge is 2.21. The molecule has 0 atom stereocenters. The molecule has 0 spiro atoms. The van der Waals surface area contributed by atoms with Gasteiger partial charge in [0.15, 0.2) is 0 Å². The van der Waals surface area contributed by atoms with E-state index in [0.717, 1.165) is 5.69 Å². The molecule has 0 N–H and O–H groups in total. The van der Waals surface area contributed by atoms with Crippen LogP contribution in [0.4, 0.5) is 0 Å². The van der Waals surface area contributed by atoms with Gasteiger partial charge >= 0.3 is 0 Å². The van der Waals surface area contributed by atoms with E-state index >= 15 is 0 Å². The van der Waals surface area contributed by atoms with Crippen LogP contribution >= 0.6 is 11.3 Å². The van der Waals surface area contributed by atoms with E-state index in [1.165, 1.54) is 92.7 Å². The van der Waals surface area contributed by atoms with Gasteiger partial charge in [0, 0.05) is 43.7 Å². The summed E-state index contributed by atoms with van der Waals surface area (Å²) in [6.45, 7) is 0. The standard InChI is InChI=1S/C46H28N2S/c1-2-10-31(11-3-1)47-43-25-24-39-38-16-8-9-17-42(38)48(46(39)45(43)41-27-49-28-44(41)47)32-21-18-29(19-22-32)30-20-23-37-35-14-5-4-12-33(35)34-13-6-7-15-36(34)40(37)26-30/h1-28H. The average molecular weight is 641 g/mol. The van der Waals surface area contributed by atoms with Gasteiger partial charge < -0.3 is 9.13 Å². The second-order valence-electron chi connectivity index (χ2n) is 12.9. The van der Waals surface area contributed by atoms with E-state index in [9.17, 15) is 0 Å². The first kappa shape index (κ1) is 26.9. The van der Waals surface area contributed by atoms with E-state index in [0.29, 0.717) is 0 Å². The molecule has 0 radical (unpaired) electrons. The van der Waals surface area contributed by atoms with Crippen LogP contribution < -0.4 is 0 Å². The third-order valence-electron chi connectivity index (χ3n) is 10.4. The highest BCUT2D eigenvalue weighted by Crippen LogP contribution is 2.43. The number of para-hydroxylation sites is 2. The Morgan fingerprint density at radius 2 is 0.898 bits per heavy atom. The number of rotatable bonds is 3. The fraction of sp³-hybridized carbons (Fsp3) is 0. The Kier molecular flexibility index (Phi) is 5.57. The first-order valence-electron chi connectivity index (χ1n) is 16.8. The molecule has 228 valence electrons. The maximum absolute atomic E-state index is 2.48. The largest absolute Gasteiger partial charge is 0.309 e. The van der Waals surface area contributed by atoms with Crippen molar-refractivity contribution in [2.24, 2.45) is 0 Å². The highest BCUT2D eigenvalue weighted by molar-refractivity contribution is 7.09. The first-order chi connectivity index (χ1) is 24.3. The molecule has 3 heteroatoms. The van der Waals surface area contributed by atoms with Gasteiger partial charge in [-0.2, -0.15) is 0 Å². The summed E-state index contributed by atoms with van der Waals surface area (Å²) in [4.78, 5) is 0. The molecule has 3 heterocycles. The molecule has 49 heavy (non-hydrogen) atoms. The number of thiophene rings is 1. The molecule has 0 amide bonds. The van der Waals surface area contributed by atoms with Gasteiger partial charge in [0.05, 0.1) is 22.1 Å². The second-order valence-corrected chi connectivity index (χ2v) is 13.7. The molecule has 11 aromatic rings. The van der Waals surface area contributed by atoms with E-state index < -0.39 is 0 Å². The number of nitrogens with zero attached hydrogens (tertiary/aromatic N) is 2. The molecule has 0 fully saturated rings. The zero-order chi connectivity index (χ0) is 32.1. The van der Waals surface area contributed by atoms with Crippen molar-refractivity contribution in [3.63, 3.8) is 0 Å². The van der Waals surface area contributed by atoms with Gasteiger partial charge in [-0.3, -0.25) is 0 Å². The van der Waals surface area contributed by atoms with Crippen LogP contribution in [0.5, 0.6) is 0 Å². The Balaban J connectivity index is 1.13. The van der Waals surface area contributed by atoms with E-state index in [1.54, 1.807) is 11.3 Å². The van der Waals surface area contributed by atoms with Crippen molar-refractivity contribution in [2.75, 3.05) is 0 Å². The van der Waals surface area contributed by atoms with Crippen molar-refractivity contribution in [1.29, 1.82) is 0 Å². The predicted octanol–water partition coefficient (Wildman–Crippen LogP) is 13.1. The van der Waals surface area contributed by atoms with Gasteiger partial charge in [0.2, 0.25) is 0 Å². The summed E-state index contributed by atoms with van der Waals surface area (Å²) in [5, 5.41) is 17.5. The lowest BCUT2D eigenvalue weighted by molar-refractivity contribution is 1.18. The van der Waals surface area contributed by atoms with Crippen LogP contribution in [0.1, 0.15) is 0 Å². The van der Waals surface area contributed by atoms with Crippen molar-refractivity contribution in [2.45, 2.75) is 0 Å². The summed E-state index contributed by atoms with van der Waals surface area (Å²) in [6.07, 6.45) is 0. The molecule has 0 saturated heterocycles. The Morgan fingerprint density at radius 3 is 1.63 bits per heavy atom. The minimum Gasteiger partial charge on any atom is -0.309 e. The third kappa shape index (κ3) is 3.76. The van der Waals surface area contributed by atoms with E-state index in [2.05, 4.69) is 178 Å². The van der Waals surface area contributed by atoms with Gasteiger partial charge in [0.25, 0.3) is 0 Å². The van der Waals surface area contributed by atoms with Gasteiger partial charge in [-0.1, -0.05) is 115 Å². The molecule has 2 nitrogen and oxygen atoms in total. The molecule has 0 saturated carbocycles. The second kappa shape index (κ2) is 10.2. The van der Waals surface area contributed by atoms with Crippen molar-refractivity contribution < 1.29 is 0 Å². The Labute approximate surface area is 286 Å². The summed E-state index contributed by atoms with van der Waals surface area (Å²) < 4.78 is 4.89. The summed E-state index contributed by atoms with van der Waals surface area (Å²) in [5.41, 5.74) is 9.74. The monoisotopic (exact) mass is 640 g/mol. The van der Waals surface area contributed by atoms with Crippen molar-refractivity contribution in [3.8, 4) is 22.5 Å². The minimum atomic E-state index is 1.16. The fourth-order valence-electron chi connectivity index (χ4n) is 8.29. The number of fused-ring (bicyclic) bond motifs is 13. The predicted molar refractivity (Wildman–Crippen MR) is 211 cm³/mol. The lowest BCUT2D eigenvalue weighted by atomic mass is 9.92. The molecule has 11 rings (SSSR count). The van der Waals surface area contributed by atoms with Crippen LogP contribution in [-0.2, 0) is 0 Å². The Hall–Kier alpha value is -6.16. The highest BCUT2D eigenvalue weighted by atomic mass is 32.1. The molecule has 3 aromatic heterocycles. The average Bonchev–Trinajstić information content (AvgIpc) is 3.86. The van der Waals surface area contributed by atoms with Crippen LogP contribution in [0, 0.1) is 0 Å². The lowest BCUT2D eigenvalue weighted by Gasteiger charge is -2.13. The molecular weight excluding hydrogens is 613 g/mol. The maximum Gasteiger partial charge on any atom is 0.0648 e. The van der Waals surface area contributed by atoms with E-state index in [-0.39, 0.29) is 0 Å². The summed E-state index contributed by atoms with van der Waals surface area (Å²) in [6, 6.07) is 57.9. The van der Waals surface area contributed by atoms with Gasteiger partial charge in [-0.25, -0.2) is 0 Å². The molecule has 8 aromatic carbocycles. The van der Waals surface area contributed by atoms with E-state index in [4.69, 9.17) is 0 Å². The molecule has 0 aliphatic heterocycles. The van der Waals surface area contributed by atoms with Crippen molar-refractivity contribution >= 4 is 87.3 Å². The number of benzene rings is 8. The summed E-state index contributed by atoms with van der Waals surface area (Å²) >= 11 is 1.77. The minimum absolute atomic E-state index is 1.16. The fourth-order valence-corrected chi connectivity index (χ4v) is 9.10. The zero-order valence-corrected chi connectivity index (χ0v) is 27.3. The van der Waals surface area contributed by atoms with Gasteiger partial charge in [0.1, 0.15) is 0 Å². The van der Waals surface area contributed by atoms with Crippen LogP contribution in [0.3, 0.4) is 0 Å².